The molecule has 7 nitrogen and oxygen atoms in total. The van der Waals surface area contributed by atoms with Crippen LogP contribution in [-0.4, -0.2) is 56.4 Å². The Hall–Kier alpha value is -3.65. The summed E-state index contributed by atoms with van der Waals surface area (Å²) in [5.74, 6) is 1.92. The van der Waals surface area contributed by atoms with Gasteiger partial charge < -0.3 is 24.3 Å². The third-order valence-electron chi connectivity index (χ3n) is 6.08. The summed E-state index contributed by atoms with van der Waals surface area (Å²) in [6.45, 7) is 2.66. The van der Waals surface area contributed by atoms with Crippen molar-refractivity contribution in [3.05, 3.63) is 77.9 Å². The minimum absolute atomic E-state index is 0.267. The number of ether oxygens (including phenoxy) is 4. The average Bonchev–Trinajstić information content (AvgIpc) is 2.93. The molecule has 1 aliphatic heterocycles. The van der Waals surface area contributed by atoms with Crippen LogP contribution in [-0.2, 0) is 9.53 Å². The van der Waals surface area contributed by atoms with Gasteiger partial charge in [0.1, 0.15) is 25.0 Å². The molecule has 194 valence electrons. The highest BCUT2D eigenvalue weighted by atomic mass is 32.2. The number of thioether (sulfide) groups is 1. The monoisotopic (exact) mass is 521 g/mol. The summed E-state index contributed by atoms with van der Waals surface area (Å²) in [5, 5.41) is 2.86. The highest BCUT2D eigenvalue weighted by molar-refractivity contribution is 7.98. The van der Waals surface area contributed by atoms with Gasteiger partial charge in [-0.1, -0.05) is 36.4 Å². The SMILES string of the molecule is COC(=O)[C@H](CCSC)NC(=O)c1ccc(OC[C@H]2COc3ccccc3O2)cc1-c1ccccc1C. The third kappa shape index (κ3) is 6.57. The van der Waals surface area contributed by atoms with E-state index in [9.17, 15) is 9.59 Å². The van der Waals surface area contributed by atoms with E-state index in [0.29, 0.717) is 35.7 Å². The molecule has 0 spiro atoms. The number of carbonyl (C=O) groups excluding carboxylic acids is 2. The molecule has 3 aromatic carbocycles. The molecular weight excluding hydrogens is 490 g/mol. The van der Waals surface area contributed by atoms with Crippen LogP contribution in [0.3, 0.4) is 0 Å². The number of aryl methyl sites for hydroxylation is 1. The van der Waals surface area contributed by atoms with E-state index >= 15 is 0 Å². The van der Waals surface area contributed by atoms with E-state index < -0.39 is 12.0 Å². The first-order chi connectivity index (χ1) is 18.0. The van der Waals surface area contributed by atoms with Crippen LogP contribution in [0.1, 0.15) is 22.3 Å². The number of para-hydroxylation sites is 2. The van der Waals surface area contributed by atoms with Gasteiger partial charge in [-0.05, 0) is 72.4 Å². The quantitative estimate of drug-likeness (QED) is 0.380. The number of carbonyl (C=O) groups is 2. The van der Waals surface area contributed by atoms with Gasteiger partial charge >= 0.3 is 5.97 Å². The molecule has 1 amide bonds. The van der Waals surface area contributed by atoms with Crippen LogP contribution in [0.15, 0.2) is 66.7 Å². The molecular formula is C29H31NO6S. The third-order valence-corrected chi connectivity index (χ3v) is 6.72. The van der Waals surface area contributed by atoms with Crippen molar-refractivity contribution in [3.8, 4) is 28.4 Å². The van der Waals surface area contributed by atoms with Gasteiger partial charge in [0.2, 0.25) is 0 Å². The molecule has 0 saturated carbocycles. The molecule has 0 radical (unpaired) electrons. The van der Waals surface area contributed by atoms with Crippen LogP contribution in [0.5, 0.6) is 17.2 Å². The Labute approximate surface area is 221 Å². The Bertz CT molecular complexity index is 1250. The smallest absolute Gasteiger partial charge is 0.328 e. The first kappa shape index (κ1) is 26.4. The normalized spacial score (nSPS) is 14.9. The highest BCUT2D eigenvalue weighted by Gasteiger charge is 2.25. The molecule has 1 N–H and O–H groups in total. The van der Waals surface area contributed by atoms with Gasteiger partial charge in [0.25, 0.3) is 5.91 Å². The number of hydrogen-bond acceptors (Lipinski definition) is 7. The van der Waals surface area contributed by atoms with E-state index in [4.69, 9.17) is 18.9 Å². The number of nitrogens with one attached hydrogen (secondary N) is 1. The van der Waals surface area contributed by atoms with Crippen molar-refractivity contribution >= 4 is 23.6 Å². The molecule has 37 heavy (non-hydrogen) atoms. The van der Waals surface area contributed by atoms with Crippen LogP contribution in [0.4, 0.5) is 0 Å². The minimum atomic E-state index is -0.725. The predicted molar refractivity (Wildman–Crippen MR) is 145 cm³/mol. The summed E-state index contributed by atoms with van der Waals surface area (Å²) in [6.07, 6.45) is 2.17. The van der Waals surface area contributed by atoms with E-state index in [1.165, 1.54) is 7.11 Å². The van der Waals surface area contributed by atoms with Gasteiger partial charge in [0, 0.05) is 5.56 Å². The summed E-state index contributed by atoms with van der Waals surface area (Å²) in [7, 11) is 1.32. The van der Waals surface area contributed by atoms with Crippen LogP contribution in [0, 0.1) is 6.92 Å². The van der Waals surface area contributed by atoms with Gasteiger partial charge in [-0.25, -0.2) is 4.79 Å². The van der Waals surface area contributed by atoms with E-state index in [1.54, 1.807) is 23.9 Å². The summed E-state index contributed by atoms with van der Waals surface area (Å²) in [6, 6.07) is 20.0. The maximum absolute atomic E-state index is 13.4. The number of amides is 1. The second kappa shape index (κ2) is 12.5. The number of benzene rings is 3. The van der Waals surface area contributed by atoms with Crippen LogP contribution >= 0.6 is 11.8 Å². The summed E-state index contributed by atoms with van der Waals surface area (Å²) < 4.78 is 22.8. The van der Waals surface area contributed by atoms with Crippen molar-refractivity contribution in [3.63, 3.8) is 0 Å². The molecule has 1 heterocycles. The summed E-state index contributed by atoms with van der Waals surface area (Å²) in [5.41, 5.74) is 3.09. The Morgan fingerprint density at radius 2 is 1.81 bits per heavy atom. The minimum Gasteiger partial charge on any atom is -0.490 e. The molecule has 0 bridgehead atoms. The lowest BCUT2D eigenvalue weighted by Crippen LogP contribution is -2.42. The van der Waals surface area contributed by atoms with Crippen LogP contribution in [0.2, 0.25) is 0 Å². The standard InChI is InChI=1S/C29H31NO6S/c1-19-8-4-5-9-22(19)24-16-20(34-17-21-18-35-26-10-6-7-11-27(26)36-21)12-13-23(24)28(31)30-25(14-15-37-3)29(32)33-2/h4-13,16,21,25H,14-15,17-18H2,1-3H3,(H,30,31)/t21-,25-/m0/s1. The van der Waals surface area contributed by atoms with Crippen molar-refractivity contribution in [2.75, 3.05) is 32.3 Å². The largest absolute Gasteiger partial charge is 0.490 e. The molecule has 0 aromatic heterocycles. The topological polar surface area (TPSA) is 83.1 Å². The van der Waals surface area contributed by atoms with Crippen LogP contribution in [0.25, 0.3) is 11.1 Å². The molecule has 8 heteroatoms. The van der Waals surface area contributed by atoms with Crippen molar-refractivity contribution in [1.29, 1.82) is 0 Å². The zero-order valence-corrected chi connectivity index (χ0v) is 22.0. The van der Waals surface area contributed by atoms with Gasteiger partial charge in [-0.15, -0.1) is 0 Å². The number of rotatable bonds is 10. The Morgan fingerprint density at radius 1 is 1.05 bits per heavy atom. The van der Waals surface area contributed by atoms with Crippen molar-refractivity contribution < 1.29 is 28.5 Å². The van der Waals surface area contributed by atoms with E-state index in [0.717, 1.165) is 22.6 Å². The lowest BCUT2D eigenvalue weighted by molar-refractivity contribution is -0.142. The van der Waals surface area contributed by atoms with Gasteiger partial charge in [0.05, 0.1) is 7.11 Å². The van der Waals surface area contributed by atoms with Gasteiger partial charge in [0.15, 0.2) is 17.6 Å². The van der Waals surface area contributed by atoms with Crippen molar-refractivity contribution in [2.45, 2.75) is 25.5 Å². The molecule has 1 aliphatic rings. The second-order valence-electron chi connectivity index (χ2n) is 8.66. The molecule has 0 unspecified atom stereocenters. The fourth-order valence-electron chi connectivity index (χ4n) is 4.11. The first-order valence-corrected chi connectivity index (χ1v) is 13.5. The lowest BCUT2D eigenvalue weighted by atomic mass is 9.95. The molecule has 2 atom stereocenters. The molecule has 4 rings (SSSR count). The highest BCUT2D eigenvalue weighted by Crippen LogP contribution is 2.33. The van der Waals surface area contributed by atoms with E-state index in [1.807, 2.05) is 67.8 Å². The zero-order valence-electron chi connectivity index (χ0n) is 21.2. The average molecular weight is 522 g/mol. The number of fused-ring (bicyclic) bond motifs is 1. The number of esters is 1. The zero-order chi connectivity index (χ0) is 26.2. The summed E-state index contributed by atoms with van der Waals surface area (Å²) >= 11 is 1.60. The van der Waals surface area contributed by atoms with Gasteiger partial charge in [-0.3, -0.25) is 4.79 Å². The van der Waals surface area contributed by atoms with Crippen molar-refractivity contribution in [1.82, 2.24) is 5.32 Å². The fourth-order valence-corrected chi connectivity index (χ4v) is 4.58. The lowest BCUT2D eigenvalue weighted by Gasteiger charge is -2.26. The number of hydrogen-bond donors (Lipinski definition) is 1. The Kier molecular flexibility index (Phi) is 8.95. The maximum atomic E-state index is 13.4. The van der Waals surface area contributed by atoms with E-state index in [-0.39, 0.29) is 18.6 Å². The molecule has 0 saturated heterocycles. The fraction of sp³-hybridized carbons (Fsp3) is 0.310. The first-order valence-electron chi connectivity index (χ1n) is 12.1. The predicted octanol–water partition coefficient (Wildman–Crippen LogP) is 4.91. The maximum Gasteiger partial charge on any atom is 0.328 e. The second-order valence-corrected chi connectivity index (χ2v) is 9.65. The molecule has 0 aliphatic carbocycles. The van der Waals surface area contributed by atoms with Crippen molar-refractivity contribution in [2.24, 2.45) is 0 Å². The molecule has 3 aromatic rings. The van der Waals surface area contributed by atoms with E-state index in [2.05, 4.69) is 5.32 Å². The van der Waals surface area contributed by atoms with Crippen LogP contribution < -0.4 is 19.5 Å². The molecule has 0 fully saturated rings. The summed E-state index contributed by atoms with van der Waals surface area (Å²) in [4.78, 5) is 25.6. The Balaban J connectivity index is 1.56. The van der Waals surface area contributed by atoms with Gasteiger partial charge in [-0.2, -0.15) is 11.8 Å². The number of methoxy groups -OCH3 is 1. The Morgan fingerprint density at radius 3 is 2.57 bits per heavy atom.